The number of hydrogen-bond donors (Lipinski definition) is 3. The normalized spacial score (nSPS) is 27.4. The number of nitrogens with zero attached hydrogens (tertiary/aromatic N) is 2. The molecule has 2 aromatic rings. The zero-order valence-corrected chi connectivity index (χ0v) is 31.3. The van der Waals surface area contributed by atoms with Crippen LogP contribution in [0, 0.1) is 11.3 Å². The van der Waals surface area contributed by atoms with Crippen LogP contribution in [0.3, 0.4) is 0 Å². The monoisotopic (exact) mass is 747 g/mol. The van der Waals surface area contributed by atoms with Crippen molar-refractivity contribution in [1.82, 2.24) is 25.2 Å². The van der Waals surface area contributed by atoms with E-state index in [9.17, 15) is 27.6 Å². The fourth-order valence-corrected chi connectivity index (χ4v) is 8.38. The Labute approximate surface area is 311 Å². The molecule has 1 aromatic heterocycles. The number of aromatic nitrogens is 1. The van der Waals surface area contributed by atoms with Crippen molar-refractivity contribution in [2.24, 2.45) is 11.3 Å². The predicted molar refractivity (Wildman–Crippen MR) is 199 cm³/mol. The molecule has 2 saturated carbocycles. The minimum Gasteiger partial charge on any atom is -0.472 e. The van der Waals surface area contributed by atoms with Gasteiger partial charge >= 0.3 is 6.09 Å². The molecule has 4 aliphatic rings. The average Bonchev–Trinajstić information content (AvgIpc) is 4.05. The Balaban J connectivity index is 1.34. The number of ether oxygens (including phenoxy) is 2. The van der Waals surface area contributed by atoms with Gasteiger partial charge in [-0.2, -0.15) is 0 Å². The van der Waals surface area contributed by atoms with E-state index in [-0.39, 0.29) is 26.0 Å². The molecule has 0 spiro atoms. The molecule has 3 fully saturated rings. The number of pyridine rings is 1. The lowest BCUT2D eigenvalue weighted by Crippen LogP contribution is -2.60. The molecule has 5 atom stereocenters. The summed E-state index contributed by atoms with van der Waals surface area (Å²) < 4.78 is 39.6. The van der Waals surface area contributed by atoms with Crippen LogP contribution in [-0.4, -0.2) is 84.2 Å². The highest BCUT2D eigenvalue weighted by atomic mass is 32.2. The van der Waals surface area contributed by atoms with Gasteiger partial charge in [-0.3, -0.25) is 19.1 Å². The predicted octanol–water partition coefficient (Wildman–Crippen LogP) is 4.49. The molecule has 2 aliphatic heterocycles. The van der Waals surface area contributed by atoms with E-state index in [1.165, 1.54) is 11.0 Å². The van der Waals surface area contributed by atoms with Crippen molar-refractivity contribution in [3.05, 3.63) is 66.9 Å². The number of benzene rings is 1. The number of cyclic esters (lactones) is 1. The molecule has 2 aliphatic carbocycles. The summed E-state index contributed by atoms with van der Waals surface area (Å²) in [7, 11) is -3.89. The first-order valence-electron chi connectivity index (χ1n) is 18.4. The molecule has 1 saturated heterocycles. The molecule has 53 heavy (non-hydrogen) atoms. The molecule has 1 aromatic carbocycles. The van der Waals surface area contributed by atoms with Gasteiger partial charge in [0.25, 0.3) is 5.91 Å². The molecule has 3 N–H and O–H groups in total. The van der Waals surface area contributed by atoms with Crippen molar-refractivity contribution in [1.29, 1.82) is 0 Å². The summed E-state index contributed by atoms with van der Waals surface area (Å²) in [6.45, 7) is 9.35. The summed E-state index contributed by atoms with van der Waals surface area (Å²) in [6, 6.07) is 9.56. The van der Waals surface area contributed by atoms with Crippen LogP contribution in [0.4, 0.5) is 4.79 Å². The van der Waals surface area contributed by atoms with E-state index < -0.39 is 74.1 Å². The molecule has 3 heterocycles. The molecule has 13 nitrogen and oxygen atoms in total. The molecular weight excluding hydrogens is 699 g/mol. The molecule has 6 rings (SSSR count). The Morgan fingerprint density at radius 3 is 2.53 bits per heavy atom. The fraction of sp³-hybridized carbons (Fsp3) is 0.513. The number of alkyl carbamates (subject to hydrolysis) is 1. The second-order valence-electron chi connectivity index (χ2n) is 15.4. The summed E-state index contributed by atoms with van der Waals surface area (Å²) >= 11 is 0. The number of allylic oxidation sites excluding steroid dienone is 1. The van der Waals surface area contributed by atoms with Crippen LogP contribution in [0.2, 0.25) is 0 Å². The Morgan fingerprint density at radius 2 is 1.85 bits per heavy atom. The fourth-order valence-electron chi connectivity index (χ4n) is 7.01. The van der Waals surface area contributed by atoms with E-state index in [1.54, 1.807) is 27.0 Å². The van der Waals surface area contributed by atoms with Crippen LogP contribution in [0.15, 0.2) is 61.3 Å². The lowest BCUT2D eigenvalue weighted by molar-refractivity contribution is -0.142. The number of hydrogen-bond acceptors (Lipinski definition) is 9. The Bertz CT molecular complexity index is 1870. The highest BCUT2D eigenvalue weighted by Gasteiger charge is 2.62. The average molecular weight is 748 g/mol. The van der Waals surface area contributed by atoms with Gasteiger partial charge in [-0.05, 0) is 67.6 Å². The van der Waals surface area contributed by atoms with Crippen LogP contribution < -0.4 is 20.1 Å². The minimum absolute atomic E-state index is 0.0270. The minimum atomic E-state index is -3.89. The van der Waals surface area contributed by atoms with Crippen LogP contribution >= 0.6 is 0 Å². The molecule has 0 radical (unpaired) electrons. The van der Waals surface area contributed by atoms with Crippen molar-refractivity contribution in [3.8, 4) is 17.0 Å². The van der Waals surface area contributed by atoms with Crippen molar-refractivity contribution in [2.75, 3.05) is 13.2 Å². The number of carbonyl (C=O) groups is 4. The third-order valence-corrected chi connectivity index (χ3v) is 12.1. The maximum atomic E-state index is 14.5. The number of rotatable bonds is 7. The third kappa shape index (κ3) is 8.58. The third-order valence-electron chi connectivity index (χ3n) is 10.3. The van der Waals surface area contributed by atoms with E-state index in [0.717, 1.165) is 36.0 Å². The van der Waals surface area contributed by atoms with Crippen LogP contribution in [0.25, 0.3) is 17.2 Å². The van der Waals surface area contributed by atoms with Gasteiger partial charge in [0, 0.05) is 24.1 Å². The van der Waals surface area contributed by atoms with Gasteiger partial charge in [0.2, 0.25) is 27.7 Å². The summed E-state index contributed by atoms with van der Waals surface area (Å²) in [6.07, 6.45) is 10.00. The second-order valence-corrected chi connectivity index (χ2v) is 17.4. The topological polar surface area (TPSA) is 173 Å². The molecular formula is C39H49N5O8S. The van der Waals surface area contributed by atoms with Crippen LogP contribution in [0.1, 0.15) is 77.7 Å². The molecule has 1 unspecified atom stereocenters. The van der Waals surface area contributed by atoms with E-state index in [1.807, 2.05) is 42.5 Å². The number of sulfonamides is 1. The maximum absolute atomic E-state index is 14.5. The van der Waals surface area contributed by atoms with Gasteiger partial charge in [-0.1, -0.05) is 69.3 Å². The van der Waals surface area contributed by atoms with E-state index in [4.69, 9.17) is 9.47 Å². The first-order chi connectivity index (χ1) is 25.2. The van der Waals surface area contributed by atoms with Gasteiger partial charge in [0.1, 0.15) is 23.7 Å². The van der Waals surface area contributed by atoms with Crippen LogP contribution in [0.5, 0.6) is 5.88 Å². The van der Waals surface area contributed by atoms with Crippen molar-refractivity contribution < 1.29 is 37.1 Å². The number of carbonyl (C=O) groups excluding carboxylic acids is 4. The molecule has 2 bridgehead atoms. The number of fused-ring (bicyclic) bond motifs is 3. The van der Waals surface area contributed by atoms with E-state index >= 15 is 0 Å². The lowest BCUT2D eigenvalue weighted by atomic mass is 9.85. The largest absolute Gasteiger partial charge is 0.472 e. The zero-order valence-electron chi connectivity index (χ0n) is 30.5. The molecule has 4 amide bonds. The van der Waals surface area contributed by atoms with Crippen molar-refractivity contribution in [3.63, 3.8) is 0 Å². The second kappa shape index (κ2) is 15.3. The quantitative estimate of drug-likeness (QED) is 0.345. The standard InChI is InChI=1S/C39H49N5O8S/c1-5-26-23-39(26,36(47)43-53(49,50)28-17-18-28)42-33(45)31-22-27-24-44(31)35(46)32(38(2,3)4)41-37(48)51-21-13-8-6-7-12-16-30-29(19-20-40-34(30)52-27)25-14-10-9-11-15-25/h5,9-12,14-16,19-20,26-28,31-32H,1,6-8,13,17-18,21-24H2,2-4H3,(H,41,48)(H,42,45)(H,43,47)/b16-12+/t26?,27-,31+,32-,39-/m1/s1. The van der Waals surface area contributed by atoms with Crippen LogP contribution in [-0.2, 0) is 29.1 Å². The Morgan fingerprint density at radius 1 is 1.09 bits per heavy atom. The SMILES string of the molecule is C=CC1C[C@]1(NC(=O)[C@@H]1C[C@@H]2CN1C(=O)[C@H](C(C)(C)C)NC(=O)OCCCCC/C=C/c1c(-c3ccccc3)ccnc1O2)C(=O)NS(=O)(=O)C1CC1. The highest BCUT2D eigenvalue weighted by molar-refractivity contribution is 7.91. The van der Waals surface area contributed by atoms with Crippen molar-refractivity contribution >= 4 is 39.9 Å². The Hall–Kier alpha value is -4.72. The molecule has 284 valence electrons. The summed E-state index contributed by atoms with van der Waals surface area (Å²) in [4.78, 5) is 61.3. The molecule has 14 heteroatoms. The van der Waals surface area contributed by atoms with Crippen molar-refractivity contribution in [2.45, 2.75) is 101 Å². The van der Waals surface area contributed by atoms with E-state index in [2.05, 4.69) is 33.0 Å². The number of amides is 4. The highest BCUT2D eigenvalue weighted by Crippen LogP contribution is 2.45. The van der Waals surface area contributed by atoms with Gasteiger partial charge in [0.05, 0.1) is 18.4 Å². The number of nitrogens with one attached hydrogen (secondary N) is 3. The van der Waals surface area contributed by atoms with Gasteiger partial charge in [0.15, 0.2) is 0 Å². The lowest BCUT2D eigenvalue weighted by Gasteiger charge is -2.35. The Kier molecular flexibility index (Phi) is 11.0. The van der Waals surface area contributed by atoms with Gasteiger partial charge in [-0.25, -0.2) is 18.2 Å². The first-order valence-corrected chi connectivity index (χ1v) is 19.9. The zero-order chi connectivity index (χ0) is 38.0. The first kappa shape index (κ1) is 38.0. The maximum Gasteiger partial charge on any atom is 0.407 e. The van der Waals surface area contributed by atoms with Gasteiger partial charge in [-0.15, -0.1) is 6.58 Å². The summed E-state index contributed by atoms with van der Waals surface area (Å²) in [5, 5.41) is 4.91. The smallest absolute Gasteiger partial charge is 0.407 e. The summed E-state index contributed by atoms with van der Waals surface area (Å²) in [5.74, 6) is -2.19. The van der Waals surface area contributed by atoms with Gasteiger partial charge < -0.3 is 25.0 Å². The summed E-state index contributed by atoms with van der Waals surface area (Å²) in [5.41, 5.74) is 0.298. The van der Waals surface area contributed by atoms with E-state index in [0.29, 0.717) is 25.1 Å².